The highest BCUT2D eigenvalue weighted by Gasteiger charge is 2.50. The monoisotopic (exact) mass is 656 g/mol. The van der Waals surface area contributed by atoms with Gasteiger partial charge in [-0.3, -0.25) is 19.3 Å². The van der Waals surface area contributed by atoms with Crippen molar-refractivity contribution in [3.05, 3.63) is 106 Å². The molecule has 2 heterocycles. The smallest absolute Gasteiger partial charge is 0.339 e. The fourth-order valence-electron chi connectivity index (χ4n) is 5.85. The van der Waals surface area contributed by atoms with Gasteiger partial charge >= 0.3 is 5.97 Å². The minimum absolute atomic E-state index is 0.00277. The number of nitrogens with zero attached hydrogens (tertiary/aromatic N) is 2. The topological polar surface area (TPSA) is 93.6 Å². The van der Waals surface area contributed by atoms with Gasteiger partial charge in [0, 0.05) is 26.0 Å². The summed E-state index contributed by atoms with van der Waals surface area (Å²) in [5.74, 6) is -2.09. The largest absolute Gasteiger partial charge is 0.451 e. The van der Waals surface area contributed by atoms with Crippen LogP contribution in [-0.4, -0.2) is 34.7 Å². The van der Waals surface area contributed by atoms with Crippen LogP contribution in [0.25, 0.3) is 22.2 Å². The fourth-order valence-corrected chi connectivity index (χ4v) is 6.40. The second-order valence-corrected chi connectivity index (χ2v) is 12.2. The molecule has 9 heteroatoms. The van der Waals surface area contributed by atoms with Gasteiger partial charge in [0.15, 0.2) is 6.10 Å². The van der Waals surface area contributed by atoms with E-state index in [1.807, 2.05) is 25.1 Å². The number of fused-ring (bicyclic) bond motifs is 2. The molecule has 3 aromatic carbocycles. The number of ether oxygens (including phenoxy) is 1. The number of pyridine rings is 1. The summed E-state index contributed by atoms with van der Waals surface area (Å²) in [5.41, 5.74) is 2.81. The Balaban J connectivity index is 1.30. The second kappa shape index (κ2) is 11.5. The summed E-state index contributed by atoms with van der Waals surface area (Å²) in [6, 6.07) is 20.5. The number of carbonyl (C=O) groups is 4. The van der Waals surface area contributed by atoms with Gasteiger partial charge < -0.3 is 4.74 Å². The molecule has 4 atom stereocenters. The Morgan fingerprint density at radius 2 is 1.79 bits per heavy atom. The number of rotatable bonds is 6. The predicted molar refractivity (Wildman–Crippen MR) is 168 cm³/mol. The van der Waals surface area contributed by atoms with Crippen LogP contribution in [-0.2, 0) is 14.3 Å². The number of imide groups is 1. The van der Waals surface area contributed by atoms with E-state index in [2.05, 4.69) is 15.9 Å². The molecule has 216 valence electrons. The third kappa shape index (κ3) is 5.41. The summed E-state index contributed by atoms with van der Waals surface area (Å²) >= 11 is 9.49. The van der Waals surface area contributed by atoms with Crippen molar-refractivity contribution in [1.82, 2.24) is 4.98 Å². The second-order valence-electron chi connectivity index (χ2n) is 10.9. The highest BCUT2D eigenvalue weighted by atomic mass is 79.9. The number of aromatic nitrogens is 1. The first kappa shape index (κ1) is 29.0. The lowest BCUT2D eigenvalue weighted by atomic mass is 9.78. The van der Waals surface area contributed by atoms with E-state index in [0.29, 0.717) is 44.9 Å². The lowest BCUT2D eigenvalue weighted by Crippen LogP contribution is -2.31. The van der Waals surface area contributed by atoms with Crippen LogP contribution in [0.2, 0.25) is 5.02 Å². The van der Waals surface area contributed by atoms with Crippen molar-refractivity contribution in [3.8, 4) is 11.3 Å². The van der Waals surface area contributed by atoms with Crippen molar-refractivity contribution in [1.29, 1.82) is 0 Å². The van der Waals surface area contributed by atoms with Crippen LogP contribution >= 0.6 is 27.5 Å². The van der Waals surface area contributed by atoms with E-state index < -0.39 is 12.1 Å². The molecule has 0 saturated carbocycles. The SMILES string of the molecule is CC(OC(=O)c1cc(-c2ccc(N3C(=O)C4CC=CC(C)C4C3=O)cc2)nc2ccc(Br)cc12)C(=O)c1cccc(Cl)c1. The maximum absolute atomic E-state index is 13.5. The quantitative estimate of drug-likeness (QED) is 0.0926. The maximum Gasteiger partial charge on any atom is 0.339 e. The number of allylic oxidation sites excluding steroid dienone is 2. The first-order chi connectivity index (χ1) is 20.6. The molecule has 7 nitrogen and oxygen atoms in total. The first-order valence-electron chi connectivity index (χ1n) is 13.9. The lowest BCUT2D eigenvalue weighted by molar-refractivity contribution is -0.122. The van der Waals surface area contributed by atoms with Gasteiger partial charge in [0.05, 0.1) is 34.3 Å². The average Bonchev–Trinajstić information content (AvgIpc) is 3.26. The molecule has 0 spiro atoms. The predicted octanol–water partition coefficient (Wildman–Crippen LogP) is 7.45. The number of halogens is 2. The van der Waals surface area contributed by atoms with Gasteiger partial charge in [0.2, 0.25) is 17.6 Å². The molecule has 1 aromatic heterocycles. The van der Waals surface area contributed by atoms with Gasteiger partial charge in [-0.1, -0.05) is 70.9 Å². The Kier molecular flexibility index (Phi) is 7.75. The van der Waals surface area contributed by atoms with Gasteiger partial charge in [-0.05, 0) is 67.8 Å². The fraction of sp³-hybridized carbons (Fsp3) is 0.206. The molecule has 2 amide bonds. The molecule has 0 bridgehead atoms. The highest BCUT2D eigenvalue weighted by Crippen LogP contribution is 2.41. The van der Waals surface area contributed by atoms with Crippen LogP contribution in [0.5, 0.6) is 0 Å². The number of benzene rings is 3. The molecule has 0 radical (unpaired) electrons. The van der Waals surface area contributed by atoms with Crippen molar-refractivity contribution in [2.24, 2.45) is 17.8 Å². The zero-order valence-electron chi connectivity index (χ0n) is 23.3. The highest BCUT2D eigenvalue weighted by molar-refractivity contribution is 9.10. The molecule has 4 unspecified atom stereocenters. The van der Waals surface area contributed by atoms with E-state index in [9.17, 15) is 19.2 Å². The number of Topliss-reactive ketones (excluding diaryl/α,β-unsaturated/α-hetero) is 1. The number of hydrogen-bond acceptors (Lipinski definition) is 6. The van der Waals surface area contributed by atoms with E-state index in [4.69, 9.17) is 21.3 Å². The van der Waals surface area contributed by atoms with Gasteiger partial charge in [0.25, 0.3) is 0 Å². The third-order valence-corrected chi connectivity index (χ3v) is 8.78. The van der Waals surface area contributed by atoms with Gasteiger partial charge in [-0.2, -0.15) is 0 Å². The molecule has 4 aromatic rings. The third-order valence-electron chi connectivity index (χ3n) is 8.05. The average molecular weight is 658 g/mol. The number of amides is 2. The van der Waals surface area contributed by atoms with Crippen LogP contribution in [0.4, 0.5) is 5.69 Å². The first-order valence-corrected chi connectivity index (χ1v) is 15.1. The standard InChI is InChI=1S/C34H26BrClN2O5/c1-18-5-3-8-25-30(18)33(41)38(32(25)40)24-12-9-20(10-13-24)29-17-27(26-16-22(35)11-14-28(26)37-29)34(42)43-19(2)31(39)21-6-4-7-23(36)15-21/h3-7,9-19,25,30H,8H2,1-2H3. The van der Waals surface area contributed by atoms with Gasteiger partial charge in [-0.15, -0.1) is 0 Å². The Morgan fingerprint density at radius 1 is 1.02 bits per heavy atom. The Morgan fingerprint density at radius 3 is 2.51 bits per heavy atom. The minimum Gasteiger partial charge on any atom is -0.451 e. The zero-order chi connectivity index (χ0) is 30.4. The van der Waals surface area contributed by atoms with Crippen LogP contribution in [0.1, 0.15) is 41.0 Å². The Bertz CT molecular complexity index is 1840. The number of ketones is 1. The molecule has 1 saturated heterocycles. The number of anilines is 1. The van der Waals surface area contributed by atoms with Gasteiger partial charge in [0.1, 0.15) is 0 Å². The number of hydrogen-bond donors (Lipinski definition) is 0. The molecule has 6 rings (SSSR count). The summed E-state index contributed by atoms with van der Waals surface area (Å²) in [6.07, 6.45) is 3.48. The molecule has 1 fully saturated rings. The zero-order valence-corrected chi connectivity index (χ0v) is 25.6. The molecular weight excluding hydrogens is 632 g/mol. The summed E-state index contributed by atoms with van der Waals surface area (Å²) in [4.78, 5) is 58.9. The number of esters is 1. The van der Waals surface area contributed by atoms with Crippen molar-refractivity contribution in [3.63, 3.8) is 0 Å². The van der Waals surface area contributed by atoms with Crippen molar-refractivity contribution < 1.29 is 23.9 Å². The molecule has 43 heavy (non-hydrogen) atoms. The summed E-state index contributed by atoms with van der Waals surface area (Å²) in [6.45, 7) is 3.49. The van der Waals surface area contributed by atoms with E-state index >= 15 is 0 Å². The summed E-state index contributed by atoms with van der Waals surface area (Å²) < 4.78 is 6.39. The van der Waals surface area contributed by atoms with Crippen molar-refractivity contribution >= 4 is 67.7 Å². The lowest BCUT2D eigenvalue weighted by Gasteiger charge is -2.22. The van der Waals surface area contributed by atoms with E-state index in [1.165, 1.54) is 17.9 Å². The maximum atomic E-state index is 13.5. The Hall–Kier alpha value is -4.14. The van der Waals surface area contributed by atoms with Crippen LogP contribution < -0.4 is 4.90 Å². The van der Waals surface area contributed by atoms with Crippen LogP contribution in [0.15, 0.2) is 89.4 Å². The van der Waals surface area contributed by atoms with Crippen LogP contribution in [0, 0.1) is 17.8 Å². The number of carbonyl (C=O) groups excluding carboxylic acids is 4. The van der Waals surface area contributed by atoms with Gasteiger partial charge in [-0.25, -0.2) is 9.78 Å². The summed E-state index contributed by atoms with van der Waals surface area (Å²) in [5, 5.41) is 0.967. The van der Waals surface area contributed by atoms with Crippen LogP contribution in [0.3, 0.4) is 0 Å². The molecule has 1 aliphatic heterocycles. The molecule has 1 aliphatic carbocycles. The summed E-state index contributed by atoms with van der Waals surface area (Å²) in [7, 11) is 0. The molecule has 0 N–H and O–H groups in total. The van der Waals surface area contributed by atoms with E-state index in [1.54, 1.807) is 60.7 Å². The van der Waals surface area contributed by atoms with E-state index in [-0.39, 0.29) is 40.9 Å². The molecular formula is C34H26BrClN2O5. The minimum atomic E-state index is -1.05. The molecule has 2 aliphatic rings. The van der Waals surface area contributed by atoms with Crippen molar-refractivity contribution in [2.75, 3.05) is 4.90 Å². The van der Waals surface area contributed by atoms with E-state index in [0.717, 1.165) is 4.47 Å². The van der Waals surface area contributed by atoms with Crippen molar-refractivity contribution in [2.45, 2.75) is 26.4 Å². The Labute approximate surface area is 261 Å². The normalized spacial score (nSPS) is 20.3.